The van der Waals surface area contributed by atoms with Gasteiger partial charge >= 0.3 is 0 Å². The van der Waals surface area contributed by atoms with Crippen LogP contribution in [0.15, 0.2) is 36.5 Å². The van der Waals surface area contributed by atoms with Gasteiger partial charge in [-0.2, -0.15) is 5.26 Å². The van der Waals surface area contributed by atoms with Gasteiger partial charge in [-0.1, -0.05) is 18.2 Å². The van der Waals surface area contributed by atoms with Crippen LogP contribution in [0.1, 0.15) is 19.8 Å². The van der Waals surface area contributed by atoms with Crippen LogP contribution in [0.3, 0.4) is 0 Å². The van der Waals surface area contributed by atoms with Crippen LogP contribution in [0.2, 0.25) is 0 Å². The molecule has 2 aromatic rings. The van der Waals surface area contributed by atoms with Crippen molar-refractivity contribution in [2.75, 3.05) is 6.61 Å². The molecule has 4 heteroatoms. The molecular weight excluding hydrogens is 250 g/mol. The molecule has 0 aliphatic heterocycles. The van der Waals surface area contributed by atoms with Crippen LogP contribution in [0.5, 0.6) is 5.75 Å². The van der Waals surface area contributed by atoms with Crippen molar-refractivity contribution in [3.63, 3.8) is 0 Å². The van der Waals surface area contributed by atoms with Crippen LogP contribution < -0.4 is 10.1 Å². The molecule has 1 fully saturated rings. The summed E-state index contributed by atoms with van der Waals surface area (Å²) in [5.41, 5.74) is 0.180. The molecule has 0 radical (unpaired) electrons. The highest BCUT2D eigenvalue weighted by molar-refractivity contribution is 5.84. The minimum absolute atomic E-state index is 0.315. The third kappa shape index (κ3) is 2.73. The lowest BCUT2D eigenvalue weighted by molar-refractivity contribution is 0.234. The normalized spacial score (nSPS) is 17.4. The van der Waals surface area contributed by atoms with Crippen molar-refractivity contribution in [2.24, 2.45) is 0 Å². The molecule has 3 rings (SSSR count). The van der Waals surface area contributed by atoms with E-state index in [1.165, 1.54) is 0 Å². The summed E-state index contributed by atoms with van der Waals surface area (Å²) in [6.45, 7) is 2.19. The first-order valence-electron chi connectivity index (χ1n) is 6.86. The molecule has 4 nitrogen and oxygen atoms in total. The van der Waals surface area contributed by atoms with Crippen LogP contribution in [-0.4, -0.2) is 23.2 Å². The van der Waals surface area contributed by atoms with Gasteiger partial charge in [0.05, 0.1) is 6.07 Å². The summed E-state index contributed by atoms with van der Waals surface area (Å²) >= 11 is 0. The highest BCUT2D eigenvalue weighted by Crippen LogP contribution is 2.25. The average molecular weight is 267 g/mol. The molecular formula is C16H17N3O. The smallest absolute Gasteiger partial charge is 0.145 e. The van der Waals surface area contributed by atoms with Gasteiger partial charge in [0.1, 0.15) is 23.4 Å². The zero-order valence-electron chi connectivity index (χ0n) is 11.5. The number of ether oxygens (including phenoxy) is 1. The molecule has 1 N–H and O–H groups in total. The Balaban J connectivity index is 1.77. The molecule has 1 aromatic carbocycles. The second-order valence-corrected chi connectivity index (χ2v) is 5.48. The van der Waals surface area contributed by atoms with Gasteiger partial charge in [-0.25, -0.2) is 0 Å². The zero-order chi connectivity index (χ0) is 14.0. The molecule has 0 amide bonds. The average Bonchev–Trinajstić information content (AvgIpc) is 3.29. The third-order valence-corrected chi connectivity index (χ3v) is 3.46. The van der Waals surface area contributed by atoms with E-state index in [9.17, 15) is 5.26 Å². The molecule has 0 bridgehead atoms. The number of aromatic nitrogens is 1. The fourth-order valence-electron chi connectivity index (χ4n) is 2.20. The Kier molecular flexibility index (Phi) is 3.29. The van der Waals surface area contributed by atoms with Crippen molar-refractivity contribution in [3.05, 3.63) is 36.5 Å². The number of nitriles is 1. The molecule has 1 saturated carbocycles. The van der Waals surface area contributed by atoms with E-state index in [2.05, 4.69) is 16.4 Å². The SMILES string of the molecule is CC(C#N)(COc1cccc2cccnc12)NC1CC1. The van der Waals surface area contributed by atoms with E-state index in [0.29, 0.717) is 12.6 Å². The van der Waals surface area contributed by atoms with Gasteiger partial charge in [0, 0.05) is 17.6 Å². The van der Waals surface area contributed by atoms with Gasteiger partial charge in [-0.05, 0) is 31.9 Å². The van der Waals surface area contributed by atoms with Gasteiger partial charge in [0.2, 0.25) is 0 Å². The Morgan fingerprint density at radius 3 is 2.95 bits per heavy atom. The van der Waals surface area contributed by atoms with E-state index in [-0.39, 0.29) is 0 Å². The Morgan fingerprint density at radius 2 is 2.20 bits per heavy atom. The van der Waals surface area contributed by atoms with Crippen molar-refractivity contribution in [1.82, 2.24) is 10.3 Å². The number of fused-ring (bicyclic) bond motifs is 1. The number of pyridine rings is 1. The first kappa shape index (κ1) is 12.9. The van der Waals surface area contributed by atoms with Crippen LogP contribution in [0.4, 0.5) is 0 Å². The lowest BCUT2D eigenvalue weighted by Gasteiger charge is -2.23. The predicted molar refractivity (Wildman–Crippen MR) is 77.4 cm³/mol. The Bertz CT molecular complexity index is 655. The molecule has 1 heterocycles. The summed E-state index contributed by atoms with van der Waals surface area (Å²) in [7, 11) is 0. The summed E-state index contributed by atoms with van der Waals surface area (Å²) in [5, 5.41) is 13.7. The number of benzene rings is 1. The van der Waals surface area contributed by atoms with Gasteiger partial charge in [0.25, 0.3) is 0 Å². The van der Waals surface area contributed by atoms with Gasteiger partial charge in [-0.15, -0.1) is 0 Å². The maximum atomic E-state index is 9.35. The zero-order valence-corrected chi connectivity index (χ0v) is 11.5. The van der Waals surface area contributed by atoms with Crippen molar-refractivity contribution in [2.45, 2.75) is 31.3 Å². The second kappa shape index (κ2) is 5.10. The molecule has 1 aliphatic rings. The number of rotatable bonds is 5. The molecule has 1 aliphatic carbocycles. The molecule has 0 saturated heterocycles. The van der Waals surface area contributed by atoms with E-state index in [0.717, 1.165) is 29.5 Å². The third-order valence-electron chi connectivity index (χ3n) is 3.46. The largest absolute Gasteiger partial charge is 0.488 e. The fraction of sp³-hybridized carbons (Fsp3) is 0.375. The first-order valence-corrected chi connectivity index (χ1v) is 6.86. The van der Waals surface area contributed by atoms with Crippen LogP contribution in [-0.2, 0) is 0 Å². The second-order valence-electron chi connectivity index (χ2n) is 5.48. The lowest BCUT2D eigenvalue weighted by atomic mass is 10.1. The first-order chi connectivity index (χ1) is 9.70. The number of hydrogen-bond donors (Lipinski definition) is 1. The number of para-hydroxylation sites is 1. The minimum Gasteiger partial charge on any atom is -0.488 e. The van der Waals surface area contributed by atoms with E-state index < -0.39 is 5.54 Å². The van der Waals surface area contributed by atoms with E-state index >= 15 is 0 Å². The van der Waals surface area contributed by atoms with Crippen LogP contribution in [0.25, 0.3) is 10.9 Å². The Labute approximate surface area is 118 Å². The topological polar surface area (TPSA) is 57.9 Å². The maximum absolute atomic E-state index is 9.35. The number of nitrogens with one attached hydrogen (secondary N) is 1. The standard InChI is InChI=1S/C16H17N3O/c1-16(10-17,19-13-7-8-13)11-20-14-6-2-4-12-5-3-9-18-15(12)14/h2-6,9,13,19H,7-8,11H2,1H3. The van der Waals surface area contributed by atoms with Crippen LogP contribution >= 0.6 is 0 Å². The van der Waals surface area contributed by atoms with E-state index in [1.54, 1.807) is 6.20 Å². The van der Waals surface area contributed by atoms with E-state index in [4.69, 9.17) is 4.74 Å². The molecule has 20 heavy (non-hydrogen) atoms. The van der Waals surface area contributed by atoms with Crippen molar-refractivity contribution < 1.29 is 4.74 Å². The molecule has 1 unspecified atom stereocenters. The number of hydrogen-bond acceptors (Lipinski definition) is 4. The summed E-state index contributed by atoms with van der Waals surface area (Å²) in [6, 6.07) is 12.5. The van der Waals surface area contributed by atoms with Crippen molar-refractivity contribution in [1.29, 1.82) is 5.26 Å². The summed E-state index contributed by atoms with van der Waals surface area (Å²) < 4.78 is 5.86. The van der Waals surface area contributed by atoms with Crippen LogP contribution in [0, 0.1) is 11.3 Å². The summed E-state index contributed by atoms with van der Waals surface area (Å²) in [4.78, 5) is 4.35. The molecule has 0 spiro atoms. The van der Waals surface area contributed by atoms with Crippen molar-refractivity contribution >= 4 is 10.9 Å². The maximum Gasteiger partial charge on any atom is 0.145 e. The minimum atomic E-state index is -0.655. The van der Waals surface area contributed by atoms with Gasteiger partial charge < -0.3 is 4.74 Å². The van der Waals surface area contributed by atoms with E-state index in [1.807, 2.05) is 37.3 Å². The van der Waals surface area contributed by atoms with Crippen molar-refractivity contribution in [3.8, 4) is 11.8 Å². The van der Waals surface area contributed by atoms with Gasteiger partial charge in [0.15, 0.2) is 0 Å². The number of nitrogens with zero attached hydrogens (tertiary/aromatic N) is 2. The molecule has 1 atom stereocenters. The predicted octanol–water partition coefficient (Wildman–Crippen LogP) is 2.65. The lowest BCUT2D eigenvalue weighted by Crippen LogP contribution is -2.47. The highest BCUT2D eigenvalue weighted by atomic mass is 16.5. The molecule has 102 valence electrons. The Morgan fingerprint density at radius 1 is 1.40 bits per heavy atom. The summed E-state index contributed by atoms with van der Waals surface area (Å²) in [5.74, 6) is 0.724. The Hall–Kier alpha value is -2.12. The van der Waals surface area contributed by atoms with Gasteiger partial charge in [-0.3, -0.25) is 10.3 Å². The fourth-order valence-corrected chi connectivity index (χ4v) is 2.20. The quantitative estimate of drug-likeness (QED) is 0.904. The summed E-state index contributed by atoms with van der Waals surface area (Å²) in [6.07, 6.45) is 4.04. The highest BCUT2D eigenvalue weighted by Gasteiger charge is 2.33. The monoisotopic (exact) mass is 267 g/mol. The molecule has 1 aromatic heterocycles.